The predicted molar refractivity (Wildman–Crippen MR) is 160 cm³/mol. The van der Waals surface area contributed by atoms with E-state index in [0.717, 1.165) is 48.4 Å². The van der Waals surface area contributed by atoms with Gasteiger partial charge in [0.25, 0.3) is 5.91 Å². The van der Waals surface area contributed by atoms with Crippen molar-refractivity contribution in [2.45, 2.75) is 91.6 Å². The molecule has 5 rings (SSSR count). The van der Waals surface area contributed by atoms with Crippen LogP contribution in [0, 0.1) is 18.7 Å². The number of aromatic nitrogens is 2. The number of nitrogens with zero attached hydrogens (tertiary/aromatic N) is 4. The number of halogens is 1. The van der Waals surface area contributed by atoms with Crippen LogP contribution in [0.3, 0.4) is 0 Å². The highest BCUT2D eigenvalue weighted by Crippen LogP contribution is 2.37. The Kier molecular flexibility index (Phi) is 8.83. The molecule has 1 amide bonds. The van der Waals surface area contributed by atoms with Crippen LogP contribution in [0.4, 0.5) is 4.39 Å². The second-order valence-electron chi connectivity index (χ2n) is 12.5. The summed E-state index contributed by atoms with van der Waals surface area (Å²) in [6, 6.07) is 7.23. The highest BCUT2D eigenvalue weighted by atomic mass is 19.1. The Morgan fingerprint density at radius 3 is 2.37 bits per heavy atom. The van der Waals surface area contributed by atoms with Crippen LogP contribution in [0.2, 0.25) is 0 Å². The molecule has 0 N–H and O–H groups in total. The van der Waals surface area contributed by atoms with Crippen molar-refractivity contribution in [1.29, 1.82) is 0 Å². The van der Waals surface area contributed by atoms with Crippen LogP contribution < -0.4 is 0 Å². The van der Waals surface area contributed by atoms with E-state index in [0.29, 0.717) is 36.7 Å². The molecule has 0 spiro atoms. The smallest absolute Gasteiger partial charge is 0.255 e. The molecule has 41 heavy (non-hydrogen) atoms. The number of ether oxygens (including phenoxy) is 2. The summed E-state index contributed by atoms with van der Waals surface area (Å²) in [4.78, 5) is 22.8. The van der Waals surface area contributed by atoms with Gasteiger partial charge in [-0.3, -0.25) is 9.69 Å². The van der Waals surface area contributed by atoms with Crippen LogP contribution in [0.25, 0.3) is 16.6 Å². The van der Waals surface area contributed by atoms with E-state index in [1.807, 2.05) is 45.7 Å². The first-order valence-corrected chi connectivity index (χ1v) is 15.1. The Bertz CT molecular complexity index is 1360. The number of fused-ring (bicyclic) bond motifs is 1. The molecule has 0 saturated carbocycles. The Hall–Kier alpha value is -2.81. The van der Waals surface area contributed by atoms with Crippen molar-refractivity contribution in [2.24, 2.45) is 5.92 Å². The van der Waals surface area contributed by atoms with E-state index in [2.05, 4.69) is 40.4 Å². The minimum Gasteiger partial charge on any atom is -0.350 e. The number of aryl methyl sites for hydroxylation is 1. The summed E-state index contributed by atoms with van der Waals surface area (Å²) in [5.41, 5.74) is 4.16. The average Bonchev–Trinajstić information content (AvgIpc) is 3.54. The average molecular weight is 565 g/mol. The summed E-state index contributed by atoms with van der Waals surface area (Å²) >= 11 is 0. The van der Waals surface area contributed by atoms with Crippen molar-refractivity contribution in [3.8, 4) is 11.1 Å². The fourth-order valence-corrected chi connectivity index (χ4v) is 6.63. The summed E-state index contributed by atoms with van der Waals surface area (Å²) in [5.74, 6) is 1.21. The second kappa shape index (κ2) is 12.2. The number of pyridine rings is 1. The molecule has 1 atom stereocenters. The SMILES string of the molecule is Cc1ncc2c(-c3ccc(F)cc3C(=O)N(C(C)C)C(C)C)cc(C3CN([C@@H](CCC4OCCO4)C(C)C)C3)cn12. The zero-order valence-corrected chi connectivity index (χ0v) is 25.6. The molecule has 2 aliphatic rings. The largest absolute Gasteiger partial charge is 0.350 e. The third-order valence-electron chi connectivity index (χ3n) is 8.71. The van der Waals surface area contributed by atoms with Gasteiger partial charge in [-0.1, -0.05) is 19.9 Å². The lowest BCUT2D eigenvalue weighted by Crippen LogP contribution is -2.52. The fourth-order valence-electron chi connectivity index (χ4n) is 6.63. The van der Waals surface area contributed by atoms with Crippen molar-refractivity contribution in [3.63, 3.8) is 0 Å². The van der Waals surface area contributed by atoms with Gasteiger partial charge in [-0.2, -0.15) is 0 Å². The number of rotatable bonds is 10. The number of imidazole rings is 1. The first kappa shape index (κ1) is 29.7. The lowest BCUT2D eigenvalue weighted by atomic mass is 9.85. The van der Waals surface area contributed by atoms with Crippen LogP contribution in [0.5, 0.6) is 0 Å². The minimum absolute atomic E-state index is 0.0103. The Morgan fingerprint density at radius 1 is 1.05 bits per heavy atom. The van der Waals surface area contributed by atoms with E-state index in [-0.39, 0.29) is 24.3 Å². The third-order valence-corrected chi connectivity index (χ3v) is 8.71. The van der Waals surface area contributed by atoms with Crippen molar-refractivity contribution in [3.05, 3.63) is 59.4 Å². The summed E-state index contributed by atoms with van der Waals surface area (Å²) in [6.45, 7) is 17.9. The standard InChI is InChI=1S/C33H45FN4O3/c1-20(2)30(10-11-32-40-12-13-41-32)36-17-25(18-36)24-14-28(31-16-35-23(7)37(31)19-24)27-9-8-26(34)15-29(27)33(39)38(21(3)4)22(5)6/h8-9,14-16,19-22,25,30,32H,10-13,17-18H2,1-7H3/t30-/m0/s1. The van der Waals surface area contributed by atoms with E-state index in [1.165, 1.54) is 17.7 Å². The first-order chi connectivity index (χ1) is 19.5. The lowest BCUT2D eigenvalue weighted by molar-refractivity contribution is -0.0564. The lowest BCUT2D eigenvalue weighted by Gasteiger charge is -2.46. The van der Waals surface area contributed by atoms with Gasteiger partial charge in [-0.05, 0) is 82.7 Å². The van der Waals surface area contributed by atoms with Crippen molar-refractivity contribution < 1.29 is 18.7 Å². The second-order valence-corrected chi connectivity index (χ2v) is 12.5. The fraction of sp³-hybridized carbons (Fsp3) is 0.576. The van der Waals surface area contributed by atoms with Gasteiger partial charge in [0.2, 0.25) is 0 Å². The highest BCUT2D eigenvalue weighted by Gasteiger charge is 2.36. The molecule has 0 radical (unpaired) electrons. The van der Waals surface area contributed by atoms with Crippen molar-refractivity contribution in [1.82, 2.24) is 19.2 Å². The zero-order valence-electron chi connectivity index (χ0n) is 25.6. The monoisotopic (exact) mass is 564 g/mol. The molecule has 0 unspecified atom stereocenters. The number of hydrogen-bond acceptors (Lipinski definition) is 5. The quantitative estimate of drug-likeness (QED) is 0.290. The normalized spacial score (nSPS) is 17.7. The number of benzene rings is 1. The summed E-state index contributed by atoms with van der Waals surface area (Å²) in [6.07, 6.45) is 5.93. The van der Waals surface area contributed by atoms with Gasteiger partial charge in [0.05, 0.1) is 30.5 Å². The molecule has 2 aromatic heterocycles. The zero-order chi connectivity index (χ0) is 29.4. The van der Waals surface area contributed by atoms with E-state index in [4.69, 9.17) is 9.47 Å². The van der Waals surface area contributed by atoms with Crippen LogP contribution in [0.15, 0.2) is 36.7 Å². The van der Waals surface area contributed by atoms with Gasteiger partial charge in [0.15, 0.2) is 6.29 Å². The van der Waals surface area contributed by atoms with Gasteiger partial charge in [-0.25, -0.2) is 9.37 Å². The van der Waals surface area contributed by atoms with E-state index >= 15 is 0 Å². The molecule has 2 aliphatic heterocycles. The van der Waals surface area contributed by atoms with Gasteiger partial charge < -0.3 is 18.8 Å². The molecule has 2 saturated heterocycles. The van der Waals surface area contributed by atoms with Gasteiger partial charge in [0.1, 0.15) is 11.6 Å². The maximum Gasteiger partial charge on any atom is 0.255 e. The number of carbonyl (C=O) groups excluding carboxylic acids is 1. The van der Waals surface area contributed by atoms with E-state index in [9.17, 15) is 9.18 Å². The van der Waals surface area contributed by atoms with Gasteiger partial charge in [0, 0.05) is 48.9 Å². The topological polar surface area (TPSA) is 59.3 Å². The number of amides is 1. The predicted octanol–water partition coefficient (Wildman–Crippen LogP) is 6.28. The van der Waals surface area contributed by atoms with E-state index in [1.54, 1.807) is 6.07 Å². The van der Waals surface area contributed by atoms with Crippen LogP contribution in [0.1, 0.15) is 82.0 Å². The van der Waals surface area contributed by atoms with Crippen LogP contribution in [-0.2, 0) is 9.47 Å². The molecule has 4 heterocycles. The summed E-state index contributed by atoms with van der Waals surface area (Å²) in [7, 11) is 0. The highest BCUT2D eigenvalue weighted by molar-refractivity contribution is 6.03. The van der Waals surface area contributed by atoms with Crippen LogP contribution in [-0.4, -0.2) is 75.8 Å². The molecular weight excluding hydrogens is 519 g/mol. The maximum atomic E-state index is 14.6. The number of likely N-dealkylation sites (tertiary alicyclic amines) is 1. The minimum atomic E-state index is -0.413. The first-order valence-electron chi connectivity index (χ1n) is 15.1. The van der Waals surface area contributed by atoms with Crippen molar-refractivity contribution >= 4 is 11.4 Å². The molecule has 0 bridgehead atoms. The summed E-state index contributed by atoms with van der Waals surface area (Å²) < 4.78 is 28.1. The number of hydrogen-bond donors (Lipinski definition) is 0. The molecule has 2 fully saturated rings. The maximum absolute atomic E-state index is 14.6. The van der Waals surface area contributed by atoms with Gasteiger partial charge >= 0.3 is 0 Å². The Labute approximate surface area is 243 Å². The molecule has 0 aliphatic carbocycles. The molecule has 8 heteroatoms. The Balaban J connectivity index is 1.46. The third kappa shape index (κ3) is 6.06. The van der Waals surface area contributed by atoms with Gasteiger partial charge in [-0.15, -0.1) is 0 Å². The molecular formula is C33H45FN4O3. The molecule has 1 aromatic carbocycles. The molecule has 7 nitrogen and oxygen atoms in total. The van der Waals surface area contributed by atoms with E-state index < -0.39 is 5.82 Å². The summed E-state index contributed by atoms with van der Waals surface area (Å²) in [5, 5.41) is 0. The Morgan fingerprint density at radius 2 is 1.73 bits per heavy atom. The molecule has 222 valence electrons. The van der Waals surface area contributed by atoms with Crippen molar-refractivity contribution in [2.75, 3.05) is 26.3 Å². The molecule has 3 aromatic rings. The number of carbonyl (C=O) groups is 1. The van der Waals surface area contributed by atoms with Crippen LogP contribution >= 0.6 is 0 Å².